The predicted octanol–water partition coefficient (Wildman–Crippen LogP) is 4.41. The summed E-state index contributed by atoms with van der Waals surface area (Å²) in [4.78, 5) is 14.4. The Morgan fingerprint density at radius 2 is 1.82 bits per heavy atom. The average Bonchev–Trinajstić information content (AvgIpc) is 2.58. The monoisotopic (exact) mass is 294 g/mol. The summed E-state index contributed by atoms with van der Waals surface area (Å²) in [6.07, 6.45) is 2.21. The maximum Gasteiger partial charge on any atom is 0.321 e. The number of nitrogens with zero attached hydrogens (tertiary/aromatic N) is 1. The second-order valence-corrected chi connectivity index (χ2v) is 5.99. The molecule has 2 aromatic carbocycles. The van der Waals surface area contributed by atoms with E-state index in [1.54, 1.807) is 0 Å². The summed E-state index contributed by atoms with van der Waals surface area (Å²) in [6, 6.07) is 18.4. The first kappa shape index (κ1) is 14.6. The number of carbonyl (C=O) groups is 1. The van der Waals surface area contributed by atoms with E-state index in [0.29, 0.717) is 5.92 Å². The first-order chi connectivity index (χ1) is 10.7. The van der Waals surface area contributed by atoms with E-state index in [-0.39, 0.29) is 6.03 Å². The van der Waals surface area contributed by atoms with Gasteiger partial charge in [0.25, 0.3) is 0 Å². The Balaban J connectivity index is 1.64. The number of likely N-dealkylation sites (tertiary alicyclic amines) is 1. The summed E-state index contributed by atoms with van der Waals surface area (Å²) in [7, 11) is 0. The second kappa shape index (κ2) is 6.65. The fraction of sp³-hybridized carbons (Fsp3) is 0.316. The molecule has 114 valence electrons. The maximum atomic E-state index is 12.4. The summed E-state index contributed by atoms with van der Waals surface area (Å²) in [5.74, 6) is 0.443. The number of urea groups is 1. The SMILES string of the molecule is Cc1ccc(NC(=O)N2CCC[C@H](c3ccccc3)C2)cc1. The van der Waals surface area contributed by atoms with Crippen molar-refractivity contribution in [2.24, 2.45) is 0 Å². The summed E-state index contributed by atoms with van der Waals surface area (Å²) in [6.45, 7) is 3.67. The lowest BCUT2D eigenvalue weighted by Gasteiger charge is -2.33. The molecule has 0 radical (unpaired) electrons. The van der Waals surface area contributed by atoms with Gasteiger partial charge in [0.2, 0.25) is 0 Å². The highest BCUT2D eigenvalue weighted by molar-refractivity contribution is 5.89. The number of amides is 2. The molecular weight excluding hydrogens is 272 g/mol. The van der Waals surface area contributed by atoms with Crippen molar-refractivity contribution in [1.29, 1.82) is 0 Å². The van der Waals surface area contributed by atoms with Crippen LogP contribution >= 0.6 is 0 Å². The zero-order valence-corrected chi connectivity index (χ0v) is 13.0. The summed E-state index contributed by atoms with van der Waals surface area (Å²) >= 11 is 0. The molecule has 0 saturated carbocycles. The van der Waals surface area contributed by atoms with Crippen molar-refractivity contribution < 1.29 is 4.79 Å². The molecule has 0 aliphatic carbocycles. The van der Waals surface area contributed by atoms with Crippen molar-refractivity contribution in [3.05, 3.63) is 65.7 Å². The van der Waals surface area contributed by atoms with Crippen molar-refractivity contribution in [3.63, 3.8) is 0 Å². The van der Waals surface area contributed by atoms with E-state index in [1.807, 2.05) is 42.2 Å². The Hall–Kier alpha value is -2.29. The van der Waals surface area contributed by atoms with Crippen LogP contribution in [0.3, 0.4) is 0 Å². The number of hydrogen-bond donors (Lipinski definition) is 1. The third-order valence-electron chi connectivity index (χ3n) is 4.28. The predicted molar refractivity (Wildman–Crippen MR) is 90.2 cm³/mol. The number of anilines is 1. The van der Waals surface area contributed by atoms with Crippen LogP contribution in [0.2, 0.25) is 0 Å². The zero-order chi connectivity index (χ0) is 15.4. The van der Waals surface area contributed by atoms with Gasteiger partial charge in [-0.3, -0.25) is 0 Å². The second-order valence-electron chi connectivity index (χ2n) is 5.99. The Morgan fingerprint density at radius 1 is 1.09 bits per heavy atom. The standard InChI is InChI=1S/C19H22N2O/c1-15-9-11-18(12-10-15)20-19(22)21-13-5-8-17(14-21)16-6-3-2-4-7-16/h2-4,6-7,9-12,17H,5,8,13-14H2,1H3,(H,20,22)/t17-/m0/s1. The zero-order valence-electron chi connectivity index (χ0n) is 13.0. The van der Waals surface area contributed by atoms with Gasteiger partial charge in [0, 0.05) is 24.7 Å². The Labute approximate surface area is 132 Å². The van der Waals surface area contributed by atoms with Crippen molar-refractivity contribution in [2.45, 2.75) is 25.7 Å². The smallest absolute Gasteiger partial charge is 0.321 e. The minimum atomic E-state index is 0.00415. The van der Waals surface area contributed by atoms with E-state index in [9.17, 15) is 4.79 Å². The summed E-state index contributed by atoms with van der Waals surface area (Å²) in [5, 5.41) is 3.00. The number of nitrogens with one attached hydrogen (secondary N) is 1. The molecule has 0 spiro atoms. The Morgan fingerprint density at radius 3 is 2.55 bits per heavy atom. The molecule has 0 aromatic heterocycles. The molecule has 0 bridgehead atoms. The highest BCUT2D eigenvalue weighted by atomic mass is 16.2. The van der Waals surface area contributed by atoms with E-state index in [4.69, 9.17) is 0 Å². The molecule has 1 heterocycles. The van der Waals surface area contributed by atoms with Gasteiger partial charge in [0.1, 0.15) is 0 Å². The third-order valence-corrected chi connectivity index (χ3v) is 4.28. The highest BCUT2D eigenvalue weighted by Gasteiger charge is 2.24. The van der Waals surface area contributed by atoms with Crippen molar-refractivity contribution in [1.82, 2.24) is 4.90 Å². The van der Waals surface area contributed by atoms with E-state index in [1.165, 1.54) is 11.1 Å². The topological polar surface area (TPSA) is 32.3 Å². The molecular formula is C19H22N2O. The minimum Gasteiger partial charge on any atom is -0.324 e. The third kappa shape index (κ3) is 3.48. The lowest BCUT2D eigenvalue weighted by atomic mass is 9.91. The van der Waals surface area contributed by atoms with Crippen LogP contribution in [0.1, 0.15) is 29.9 Å². The van der Waals surface area contributed by atoms with Gasteiger partial charge in [0.05, 0.1) is 0 Å². The fourth-order valence-electron chi connectivity index (χ4n) is 3.00. The van der Waals surface area contributed by atoms with E-state index in [0.717, 1.165) is 31.6 Å². The van der Waals surface area contributed by atoms with Crippen LogP contribution < -0.4 is 5.32 Å². The summed E-state index contributed by atoms with van der Waals surface area (Å²) < 4.78 is 0. The Bertz CT molecular complexity index is 622. The van der Waals surface area contributed by atoms with Gasteiger partial charge in [-0.2, -0.15) is 0 Å². The van der Waals surface area contributed by atoms with Gasteiger partial charge in [-0.15, -0.1) is 0 Å². The molecule has 0 unspecified atom stereocenters. The quantitative estimate of drug-likeness (QED) is 0.874. The van der Waals surface area contributed by atoms with Crippen molar-refractivity contribution in [3.8, 4) is 0 Å². The first-order valence-corrected chi connectivity index (χ1v) is 7.90. The molecule has 2 aromatic rings. The number of carbonyl (C=O) groups excluding carboxylic acids is 1. The fourth-order valence-corrected chi connectivity index (χ4v) is 3.00. The van der Waals surface area contributed by atoms with Crippen LogP contribution in [0.25, 0.3) is 0 Å². The van der Waals surface area contributed by atoms with Gasteiger partial charge in [-0.1, -0.05) is 48.0 Å². The molecule has 1 fully saturated rings. The molecule has 22 heavy (non-hydrogen) atoms. The highest BCUT2D eigenvalue weighted by Crippen LogP contribution is 2.27. The molecule has 3 heteroatoms. The van der Waals surface area contributed by atoms with Gasteiger partial charge < -0.3 is 10.2 Å². The number of hydrogen-bond acceptors (Lipinski definition) is 1. The van der Waals surface area contributed by atoms with Crippen LogP contribution in [0.4, 0.5) is 10.5 Å². The van der Waals surface area contributed by atoms with Crippen LogP contribution in [-0.4, -0.2) is 24.0 Å². The van der Waals surface area contributed by atoms with Crippen LogP contribution in [0, 0.1) is 6.92 Å². The van der Waals surface area contributed by atoms with E-state index >= 15 is 0 Å². The molecule has 1 aliphatic heterocycles. The Kier molecular flexibility index (Phi) is 4.42. The lowest BCUT2D eigenvalue weighted by Crippen LogP contribution is -2.41. The molecule has 2 amide bonds. The van der Waals surface area contributed by atoms with Gasteiger partial charge in [-0.05, 0) is 37.5 Å². The van der Waals surface area contributed by atoms with Crippen molar-refractivity contribution >= 4 is 11.7 Å². The molecule has 3 rings (SSSR count). The average molecular weight is 294 g/mol. The number of benzene rings is 2. The number of aryl methyl sites for hydroxylation is 1. The molecule has 1 N–H and O–H groups in total. The maximum absolute atomic E-state index is 12.4. The first-order valence-electron chi connectivity index (χ1n) is 7.90. The molecule has 3 nitrogen and oxygen atoms in total. The number of rotatable bonds is 2. The lowest BCUT2D eigenvalue weighted by molar-refractivity contribution is 0.193. The molecule has 1 aliphatic rings. The van der Waals surface area contributed by atoms with Gasteiger partial charge >= 0.3 is 6.03 Å². The van der Waals surface area contributed by atoms with Gasteiger partial charge in [-0.25, -0.2) is 4.79 Å². The van der Waals surface area contributed by atoms with Crippen LogP contribution in [-0.2, 0) is 0 Å². The number of piperidine rings is 1. The van der Waals surface area contributed by atoms with Crippen LogP contribution in [0.5, 0.6) is 0 Å². The normalized spacial score (nSPS) is 18.0. The van der Waals surface area contributed by atoms with E-state index < -0.39 is 0 Å². The minimum absolute atomic E-state index is 0.00415. The van der Waals surface area contributed by atoms with Crippen LogP contribution in [0.15, 0.2) is 54.6 Å². The van der Waals surface area contributed by atoms with E-state index in [2.05, 4.69) is 29.6 Å². The van der Waals surface area contributed by atoms with Gasteiger partial charge in [0.15, 0.2) is 0 Å². The molecule has 1 atom stereocenters. The van der Waals surface area contributed by atoms with Crippen molar-refractivity contribution in [2.75, 3.05) is 18.4 Å². The molecule has 1 saturated heterocycles. The summed E-state index contributed by atoms with van der Waals surface area (Å²) in [5.41, 5.74) is 3.38. The largest absolute Gasteiger partial charge is 0.324 e.